The topological polar surface area (TPSA) is 132 Å². The normalized spacial score (nSPS) is 28.4. The number of fused-ring (bicyclic) bond motifs is 9. The fourth-order valence-electron chi connectivity index (χ4n) is 6.40. The number of nitrogens with two attached hydrogens (primary N) is 1. The molecule has 2 bridgehead atoms. The van der Waals surface area contributed by atoms with Crippen LogP contribution in [0.2, 0.25) is 0 Å². The number of aromatic nitrogens is 5. The van der Waals surface area contributed by atoms with Crippen LogP contribution in [0.25, 0.3) is 16.9 Å². The van der Waals surface area contributed by atoms with E-state index in [1.165, 1.54) is 30.6 Å². The summed E-state index contributed by atoms with van der Waals surface area (Å²) in [6.45, 7) is -4.30. The summed E-state index contributed by atoms with van der Waals surface area (Å²) in [6, 6.07) is 2.91. The van der Waals surface area contributed by atoms with Crippen molar-refractivity contribution in [3.63, 3.8) is 0 Å². The van der Waals surface area contributed by atoms with Crippen LogP contribution in [0.1, 0.15) is 75.3 Å². The van der Waals surface area contributed by atoms with Crippen LogP contribution < -0.4 is 10.5 Å². The summed E-state index contributed by atoms with van der Waals surface area (Å²) >= 11 is 0. The Morgan fingerprint density at radius 1 is 1.25 bits per heavy atom. The standard InChI is InChI=1S/C27H24F3N7O3/c1-26(31)10-27(39,11-26)24-32-7-12(8-33-24)20-15(28)9-37-22(34-20)19-14-6-16(21(19)35-37)36(2)23(38)13-4-3-5-17(18(13)14)40-25(29)30/h3-5,7-9,14,16,25,39H,6,10-11,31H2,1-2H3/t14-,16-,26?,27?/m1/s1/i2D3. The third kappa shape index (κ3) is 3.53. The van der Waals surface area contributed by atoms with Gasteiger partial charge >= 0.3 is 6.61 Å². The van der Waals surface area contributed by atoms with Crippen molar-refractivity contribution in [1.29, 1.82) is 0 Å². The van der Waals surface area contributed by atoms with Crippen molar-refractivity contribution in [3.8, 4) is 17.0 Å². The number of amides is 1. The Labute approximate surface area is 229 Å². The first-order valence-corrected chi connectivity index (χ1v) is 12.5. The SMILES string of the molecule is [2H]C([2H])([2H])N1C(=O)c2cccc(OC(F)F)c2[C@H]2C[C@@H]1c1nn3cc(F)c(-c4cnc(C5(O)CC(C)(N)C5)nc4)nc3c12. The fraction of sp³-hybridized carbons (Fsp3) is 0.370. The summed E-state index contributed by atoms with van der Waals surface area (Å²) in [4.78, 5) is 27.3. The van der Waals surface area contributed by atoms with E-state index in [-0.39, 0.29) is 64.6 Å². The molecule has 13 heteroatoms. The third-order valence-corrected chi connectivity index (χ3v) is 7.88. The number of ether oxygens (including phenoxy) is 1. The number of hydrogen-bond acceptors (Lipinski definition) is 8. The molecule has 1 aliphatic heterocycles. The minimum Gasteiger partial charge on any atom is -0.434 e. The van der Waals surface area contributed by atoms with E-state index in [4.69, 9.17) is 14.6 Å². The van der Waals surface area contributed by atoms with Gasteiger partial charge in [-0.1, -0.05) is 6.07 Å². The summed E-state index contributed by atoms with van der Waals surface area (Å²) < 4.78 is 72.5. The van der Waals surface area contributed by atoms with Gasteiger partial charge in [-0.05, 0) is 25.5 Å². The van der Waals surface area contributed by atoms with Gasteiger partial charge in [0.2, 0.25) is 0 Å². The molecule has 7 rings (SSSR count). The maximum Gasteiger partial charge on any atom is 0.387 e. The molecule has 3 aromatic heterocycles. The third-order valence-electron chi connectivity index (χ3n) is 7.88. The van der Waals surface area contributed by atoms with Crippen LogP contribution in [0.5, 0.6) is 5.75 Å². The van der Waals surface area contributed by atoms with Crippen molar-refractivity contribution in [2.24, 2.45) is 5.73 Å². The Morgan fingerprint density at radius 3 is 2.67 bits per heavy atom. The average molecular weight is 555 g/mol. The highest BCUT2D eigenvalue weighted by Gasteiger charge is 2.52. The maximum atomic E-state index is 15.4. The van der Waals surface area contributed by atoms with Gasteiger partial charge in [0.15, 0.2) is 17.3 Å². The quantitative estimate of drug-likeness (QED) is 0.393. The van der Waals surface area contributed by atoms with Crippen LogP contribution in [0.3, 0.4) is 0 Å². The van der Waals surface area contributed by atoms with E-state index in [0.717, 1.165) is 10.7 Å². The van der Waals surface area contributed by atoms with Crippen molar-refractivity contribution >= 4 is 11.6 Å². The van der Waals surface area contributed by atoms with Crippen molar-refractivity contribution < 1.29 is 31.9 Å². The first-order chi connectivity index (χ1) is 20.2. The van der Waals surface area contributed by atoms with Gasteiger partial charge < -0.3 is 20.5 Å². The summed E-state index contributed by atoms with van der Waals surface area (Å²) in [5, 5.41) is 15.2. The number of aliphatic hydroxyl groups is 1. The largest absolute Gasteiger partial charge is 0.434 e. The highest BCUT2D eigenvalue weighted by Crippen LogP contribution is 2.53. The fourth-order valence-corrected chi connectivity index (χ4v) is 6.40. The molecule has 1 fully saturated rings. The van der Waals surface area contributed by atoms with Gasteiger partial charge in [-0.15, -0.1) is 0 Å². The Morgan fingerprint density at radius 2 is 2.00 bits per heavy atom. The molecular formula is C27H24F3N7O3. The zero-order chi connectivity index (χ0) is 30.6. The lowest BCUT2D eigenvalue weighted by Crippen LogP contribution is -2.58. The van der Waals surface area contributed by atoms with Gasteiger partial charge in [0.1, 0.15) is 17.0 Å². The van der Waals surface area contributed by atoms with Crippen LogP contribution in [-0.2, 0) is 5.60 Å². The number of nitrogens with zero attached hydrogens (tertiary/aromatic N) is 6. The first kappa shape index (κ1) is 21.7. The van der Waals surface area contributed by atoms with Crippen molar-refractivity contribution in [3.05, 3.63) is 70.8 Å². The van der Waals surface area contributed by atoms with E-state index in [0.29, 0.717) is 10.5 Å². The zero-order valence-electron chi connectivity index (χ0n) is 24.0. The average Bonchev–Trinajstić information content (AvgIpc) is 3.38. The minimum absolute atomic E-state index is 0.0136. The van der Waals surface area contributed by atoms with Crippen LogP contribution in [0.4, 0.5) is 13.2 Å². The van der Waals surface area contributed by atoms with E-state index >= 15 is 4.39 Å². The number of hydrogen-bond donors (Lipinski definition) is 2. The number of alkyl halides is 2. The maximum absolute atomic E-state index is 15.4. The van der Waals surface area contributed by atoms with Gasteiger partial charge in [-0.25, -0.2) is 23.9 Å². The molecule has 1 saturated carbocycles. The monoisotopic (exact) mass is 554 g/mol. The molecule has 2 atom stereocenters. The molecule has 3 aliphatic rings. The van der Waals surface area contributed by atoms with E-state index < -0.39 is 48.4 Å². The molecule has 0 radical (unpaired) electrons. The molecule has 1 aromatic carbocycles. The van der Waals surface area contributed by atoms with Gasteiger partial charge in [0.05, 0.1) is 17.9 Å². The highest BCUT2D eigenvalue weighted by molar-refractivity contribution is 5.98. The number of halogens is 3. The van der Waals surface area contributed by atoms with Crippen LogP contribution >= 0.6 is 0 Å². The predicted molar refractivity (Wildman–Crippen MR) is 134 cm³/mol. The summed E-state index contributed by atoms with van der Waals surface area (Å²) in [7, 11) is 0. The summed E-state index contributed by atoms with van der Waals surface area (Å²) in [5.41, 5.74) is 4.89. The van der Waals surface area contributed by atoms with E-state index in [9.17, 15) is 18.7 Å². The molecule has 2 aliphatic carbocycles. The molecule has 4 heterocycles. The van der Waals surface area contributed by atoms with Gasteiger partial charge in [-0.3, -0.25) is 4.79 Å². The van der Waals surface area contributed by atoms with E-state index in [1.54, 1.807) is 6.92 Å². The molecule has 10 nitrogen and oxygen atoms in total. The van der Waals surface area contributed by atoms with Crippen LogP contribution in [0.15, 0.2) is 36.8 Å². The number of rotatable bonds is 4. The van der Waals surface area contributed by atoms with Gasteiger partial charge in [0, 0.05) is 70.0 Å². The van der Waals surface area contributed by atoms with Gasteiger partial charge in [-0.2, -0.15) is 13.9 Å². The Kier molecular flexibility index (Phi) is 4.45. The number of carbonyl (C=O) groups is 1. The zero-order valence-corrected chi connectivity index (χ0v) is 21.0. The Bertz CT molecular complexity index is 1810. The molecule has 40 heavy (non-hydrogen) atoms. The van der Waals surface area contributed by atoms with E-state index in [2.05, 4.69) is 20.1 Å². The molecule has 206 valence electrons. The number of benzene rings is 1. The molecule has 1 amide bonds. The second-order valence-corrected chi connectivity index (χ2v) is 10.9. The molecular weight excluding hydrogens is 527 g/mol. The van der Waals surface area contributed by atoms with Crippen LogP contribution in [-0.4, -0.2) is 59.6 Å². The lowest BCUT2D eigenvalue weighted by Gasteiger charge is -2.48. The molecule has 0 saturated heterocycles. The molecule has 0 unspecified atom stereocenters. The van der Waals surface area contributed by atoms with Crippen molar-refractivity contribution in [2.45, 2.75) is 55.9 Å². The second-order valence-electron chi connectivity index (χ2n) is 10.9. The van der Waals surface area contributed by atoms with Crippen molar-refractivity contribution in [2.75, 3.05) is 6.98 Å². The minimum atomic E-state index is -3.21. The molecule has 4 aromatic rings. The molecule has 3 N–H and O–H groups in total. The Hall–Kier alpha value is -4.10. The van der Waals surface area contributed by atoms with Crippen molar-refractivity contribution in [1.82, 2.24) is 29.5 Å². The summed E-state index contributed by atoms with van der Waals surface area (Å²) in [6.07, 6.45) is 4.24. The lowest BCUT2D eigenvalue weighted by atomic mass is 9.66. The number of carbonyl (C=O) groups excluding carboxylic acids is 1. The highest BCUT2D eigenvalue weighted by atomic mass is 19.3. The van der Waals surface area contributed by atoms with Gasteiger partial charge in [0.25, 0.3) is 5.91 Å². The smallest absolute Gasteiger partial charge is 0.387 e. The predicted octanol–water partition coefficient (Wildman–Crippen LogP) is 3.29. The lowest BCUT2D eigenvalue weighted by molar-refractivity contribution is -0.0934. The Balaban J connectivity index is 1.39. The van der Waals surface area contributed by atoms with E-state index in [1.807, 2.05) is 0 Å². The van der Waals surface area contributed by atoms with Crippen LogP contribution in [0, 0.1) is 5.82 Å². The first-order valence-electron chi connectivity index (χ1n) is 14.0. The second kappa shape index (κ2) is 8.21. The molecule has 0 spiro atoms. The summed E-state index contributed by atoms with van der Waals surface area (Å²) in [5.74, 6) is -2.63.